The summed E-state index contributed by atoms with van der Waals surface area (Å²) in [6.45, 7) is 0.658. The van der Waals surface area contributed by atoms with E-state index in [2.05, 4.69) is 10.5 Å². The molecule has 4 aromatic carbocycles. The van der Waals surface area contributed by atoms with Crippen LogP contribution in [0.25, 0.3) is 0 Å². The first kappa shape index (κ1) is 24.5. The zero-order valence-electron chi connectivity index (χ0n) is 19.7. The molecule has 36 heavy (non-hydrogen) atoms. The molecule has 1 amide bonds. The van der Waals surface area contributed by atoms with Gasteiger partial charge in [-0.05, 0) is 53.6 Å². The third kappa shape index (κ3) is 6.70. The Labute approximate surface area is 209 Å². The lowest BCUT2D eigenvalue weighted by atomic mass is 10.2. The second-order valence-electron chi connectivity index (χ2n) is 7.79. The Hall–Kier alpha value is -4.65. The Balaban J connectivity index is 1.36. The van der Waals surface area contributed by atoms with E-state index >= 15 is 0 Å². The number of rotatable bonds is 10. The summed E-state index contributed by atoms with van der Waals surface area (Å²) in [6, 6.07) is 28.1. The number of benzene rings is 4. The van der Waals surface area contributed by atoms with E-state index in [-0.39, 0.29) is 12.4 Å². The van der Waals surface area contributed by atoms with Gasteiger partial charge in [-0.25, -0.2) is 9.82 Å². The number of hydrogen-bond donors (Lipinski definition) is 1. The minimum atomic E-state index is -0.399. The second-order valence-corrected chi connectivity index (χ2v) is 7.79. The highest BCUT2D eigenvalue weighted by molar-refractivity contribution is 5.95. The molecule has 0 aliphatic rings. The van der Waals surface area contributed by atoms with Crippen LogP contribution in [0, 0.1) is 5.82 Å². The molecule has 0 heterocycles. The van der Waals surface area contributed by atoms with Crippen molar-refractivity contribution in [3.63, 3.8) is 0 Å². The van der Waals surface area contributed by atoms with Gasteiger partial charge in [0, 0.05) is 11.1 Å². The van der Waals surface area contributed by atoms with Crippen molar-refractivity contribution in [2.75, 3.05) is 7.11 Å². The zero-order valence-corrected chi connectivity index (χ0v) is 19.7. The molecule has 0 aliphatic heterocycles. The lowest BCUT2D eigenvalue weighted by Gasteiger charge is -2.12. The second kappa shape index (κ2) is 12.2. The predicted molar refractivity (Wildman–Crippen MR) is 136 cm³/mol. The molecule has 0 saturated heterocycles. The van der Waals surface area contributed by atoms with Crippen LogP contribution >= 0.6 is 0 Å². The highest BCUT2D eigenvalue weighted by Gasteiger charge is 2.11. The normalized spacial score (nSPS) is 10.7. The van der Waals surface area contributed by atoms with E-state index in [1.54, 1.807) is 36.4 Å². The van der Waals surface area contributed by atoms with Gasteiger partial charge in [-0.15, -0.1) is 0 Å². The summed E-state index contributed by atoms with van der Waals surface area (Å²) in [4.78, 5) is 12.6. The molecule has 6 nitrogen and oxygen atoms in total. The van der Waals surface area contributed by atoms with Gasteiger partial charge in [-0.1, -0.05) is 54.6 Å². The van der Waals surface area contributed by atoms with Crippen molar-refractivity contribution in [1.29, 1.82) is 0 Å². The van der Waals surface area contributed by atoms with Crippen molar-refractivity contribution < 1.29 is 23.4 Å². The number of para-hydroxylation sites is 1. The number of amides is 1. The van der Waals surface area contributed by atoms with Crippen molar-refractivity contribution in [2.45, 2.75) is 13.2 Å². The van der Waals surface area contributed by atoms with E-state index < -0.39 is 5.91 Å². The van der Waals surface area contributed by atoms with Crippen molar-refractivity contribution in [3.05, 3.63) is 125 Å². The fourth-order valence-electron chi connectivity index (χ4n) is 3.35. The summed E-state index contributed by atoms with van der Waals surface area (Å²) in [6.07, 6.45) is 1.51. The molecule has 0 radical (unpaired) electrons. The van der Waals surface area contributed by atoms with Crippen LogP contribution in [0.3, 0.4) is 0 Å². The van der Waals surface area contributed by atoms with Crippen molar-refractivity contribution in [3.8, 4) is 17.2 Å². The largest absolute Gasteiger partial charge is 0.493 e. The van der Waals surface area contributed by atoms with E-state index in [1.165, 1.54) is 25.5 Å². The number of hydrazone groups is 1. The number of halogens is 1. The van der Waals surface area contributed by atoms with Crippen LogP contribution in [-0.2, 0) is 13.2 Å². The summed E-state index contributed by atoms with van der Waals surface area (Å²) in [5, 5.41) is 4.07. The molecule has 0 aliphatic carbocycles. The Morgan fingerprint density at radius 3 is 2.22 bits per heavy atom. The molecule has 1 N–H and O–H groups in total. The van der Waals surface area contributed by atoms with E-state index in [0.717, 1.165) is 11.1 Å². The SMILES string of the molecule is COc1cc(C(=O)N/N=C/c2ccccc2OCc2ccc(F)cc2)ccc1OCc1ccccc1. The highest BCUT2D eigenvalue weighted by Crippen LogP contribution is 2.29. The van der Waals surface area contributed by atoms with Gasteiger partial charge in [-0.3, -0.25) is 4.79 Å². The smallest absolute Gasteiger partial charge is 0.271 e. The number of nitrogens with zero attached hydrogens (tertiary/aromatic N) is 1. The molecule has 0 unspecified atom stereocenters. The van der Waals surface area contributed by atoms with E-state index in [0.29, 0.717) is 35.0 Å². The summed E-state index contributed by atoms with van der Waals surface area (Å²) in [7, 11) is 1.52. The third-order valence-electron chi connectivity index (χ3n) is 5.26. The molecule has 0 bridgehead atoms. The van der Waals surface area contributed by atoms with Crippen LogP contribution in [0.15, 0.2) is 102 Å². The monoisotopic (exact) mass is 484 g/mol. The van der Waals surface area contributed by atoms with Gasteiger partial charge in [0.25, 0.3) is 5.91 Å². The van der Waals surface area contributed by atoms with Crippen LogP contribution in [0.1, 0.15) is 27.0 Å². The van der Waals surface area contributed by atoms with Crippen molar-refractivity contribution in [1.82, 2.24) is 5.43 Å². The van der Waals surface area contributed by atoms with Gasteiger partial charge in [-0.2, -0.15) is 5.10 Å². The molecule has 0 aromatic heterocycles. The molecule has 0 saturated carbocycles. The zero-order chi connectivity index (χ0) is 25.2. The first-order valence-electron chi connectivity index (χ1n) is 11.3. The number of carbonyl (C=O) groups is 1. The van der Waals surface area contributed by atoms with Crippen LogP contribution in [0.4, 0.5) is 4.39 Å². The third-order valence-corrected chi connectivity index (χ3v) is 5.26. The van der Waals surface area contributed by atoms with Crippen molar-refractivity contribution in [2.24, 2.45) is 5.10 Å². The summed E-state index contributed by atoms with van der Waals surface area (Å²) in [5.74, 6) is 0.870. The molecule has 182 valence electrons. The fraction of sp³-hybridized carbons (Fsp3) is 0.103. The van der Waals surface area contributed by atoms with Gasteiger partial charge in [0.1, 0.15) is 24.8 Å². The molecule has 0 atom stereocenters. The predicted octanol–water partition coefficient (Wildman–Crippen LogP) is 5.76. The molecule has 4 rings (SSSR count). The lowest BCUT2D eigenvalue weighted by Crippen LogP contribution is -2.17. The van der Waals surface area contributed by atoms with E-state index in [4.69, 9.17) is 14.2 Å². The lowest BCUT2D eigenvalue weighted by molar-refractivity contribution is 0.0954. The Morgan fingerprint density at radius 2 is 1.47 bits per heavy atom. The maximum atomic E-state index is 13.1. The van der Waals surface area contributed by atoms with Gasteiger partial charge < -0.3 is 14.2 Å². The molecule has 0 fully saturated rings. The average Bonchev–Trinajstić information content (AvgIpc) is 2.92. The minimum Gasteiger partial charge on any atom is -0.493 e. The number of methoxy groups -OCH3 is 1. The van der Waals surface area contributed by atoms with E-state index in [9.17, 15) is 9.18 Å². The molecular formula is C29H25FN2O4. The first-order valence-corrected chi connectivity index (χ1v) is 11.3. The van der Waals surface area contributed by atoms with Gasteiger partial charge >= 0.3 is 0 Å². The van der Waals surface area contributed by atoms with Crippen LogP contribution in [-0.4, -0.2) is 19.2 Å². The number of nitrogens with one attached hydrogen (secondary N) is 1. The van der Waals surface area contributed by atoms with Gasteiger partial charge in [0.2, 0.25) is 0 Å². The summed E-state index contributed by atoms with van der Waals surface area (Å²) >= 11 is 0. The molecular weight excluding hydrogens is 459 g/mol. The van der Waals surface area contributed by atoms with E-state index in [1.807, 2.05) is 48.5 Å². The number of carbonyl (C=O) groups excluding carboxylic acids is 1. The fourth-order valence-corrected chi connectivity index (χ4v) is 3.35. The van der Waals surface area contributed by atoms with Crippen LogP contribution in [0.5, 0.6) is 17.2 Å². The van der Waals surface area contributed by atoms with Gasteiger partial charge in [0.05, 0.1) is 13.3 Å². The Kier molecular flexibility index (Phi) is 8.27. The quantitative estimate of drug-likeness (QED) is 0.230. The van der Waals surface area contributed by atoms with Crippen LogP contribution < -0.4 is 19.6 Å². The molecule has 0 spiro atoms. The maximum Gasteiger partial charge on any atom is 0.271 e. The minimum absolute atomic E-state index is 0.274. The molecule has 4 aromatic rings. The summed E-state index contributed by atoms with van der Waals surface area (Å²) in [5.41, 5.74) is 5.44. The average molecular weight is 485 g/mol. The highest BCUT2D eigenvalue weighted by atomic mass is 19.1. The van der Waals surface area contributed by atoms with Gasteiger partial charge in [0.15, 0.2) is 11.5 Å². The number of ether oxygens (including phenoxy) is 3. The maximum absolute atomic E-state index is 13.1. The number of hydrogen-bond acceptors (Lipinski definition) is 5. The Morgan fingerprint density at radius 1 is 0.806 bits per heavy atom. The molecule has 7 heteroatoms. The van der Waals surface area contributed by atoms with Crippen LogP contribution in [0.2, 0.25) is 0 Å². The topological polar surface area (TPSA) is 69.2 Å². The summed E-state index contributed by atoms with van der Waals surface area (Å²) < 4.78 is 30.2. The standard InChI is InChI=1S/C29H25FN2O4/c1-34-28-17-23(13-16-27(28)36-19-21-7-3-2-4-8-21)29(33)32-31-18-24-9-5-6-10-26(24)35-20-22-11-14-25(30)15-12-22/h2-18H,19-20H2,1H3,(H,32,33)/b31-18+. The first-order chi connectivity index (χ1) is 17.6. The Bertz CT molecular complexity index is 1320. The van der Waals surface area contributed by atoms with Crippen molar-refractivity contribution >= 4 is 12.1 Å².